The van der Waals surface area contributed by atoms with Gasteiger partial charge in [0, 0.05) is 11.4 Å². The van der Waals surface area contributed by atoms with Crippen molar-refractivity contribution in [3.05, 3.63) is 21.3 Å². The summed E-state index contributed by atoms with van der Waals surface area (Å²) in [6.07, 6.45) is 2.31. The molecule has 1 aromatic heterocycles. The van der Waals surface area contributed by atoms with Gasteiger partial charge in [0.05, 0.1) is 4.34 Å². The number of halogens is 1. The first-order valence-electron chi connectivity index (χ1n) is 5.54. The van der Waals surface area contributed by atoms with E-state index in [2.05, 4.69) is 32.2 Å². The van der Waals surface area contributed by atoms with Crippen molar-refractivity contribution in [2.75, 3.05) is 13.1 Å². The Morgan fingerprint density at radius 2 is 2.13 bits per heavy atom. The molecule has 0 aromatic carbocycles. The second-order valence-corrected chi connectivity index (χ2v) is 6.13. The normalized spacial score (nSPS) is 15.2. The van der Waals surface area contributed by atoms with E-state index in [0.717, 1.165) is 23.8 Å². The van der Waals surface area contributed by atoms with E-state index in [1.807, 2.05) is 6.07 Å². The van der Waals surface area contributed by atoms with Gasteiger partial charge in [-0.15, -0.1) is 11.3 Å². The van der Waals surface area contributed by atoms with Crippen molar-refractivity contribution in [2.45, 2.75) is 33.6 Å². The molecule has 0 fully saturated rings. The van der Waals surface area contributed by atoms with Crippen molar-refractivity contribution >= 4 is 22.9 Å². The Bertz CT molecular complexity index is 298. The Kier molecular flexibility index (Phi) is 5.10. The highest BCUT2D eigenvalue weighted by Gasteiger charge is 2.22. The fourth-order valence-corrected chi connectivity index (χ4v) is 2.91. The lowest BCUT2D eigenvalue weighted by atomic mass is 9.83. The van der Waals surface area contributed by atoms with Crippen molar-refractivity contribution in [1.29, 1.82) is 0 Å². The van der Waals surface area contributed by atoms with Gasteiger partial charge < -0.3 is 5.32 Å². The summed E-state index contributed by atoms with van der Waals surface area (Å²) in [7, 11) is 0. The van der Waals surface area contributed by atoms with Crippen molar-refractivity contribution in [2.24, 2.45) is 5.41 Å². The highest BCUT2D eigenvalue weighted by Crippen LogP contribution is 2.30. The van der Waals surface area contributed by atoms with Crippen LogP contribution >= 0.6 is 22.9 Å². The summed E-state index contributed by atoms with van der Waals surface area (Å²) in [4.78, 5) is 1.39. The Morgan fingerprint density at radius 1 is 1.40 bits per heavy atom. The van der Waals surface area contributed by atoms with Crippen molar-refractivity contribution < 1.29 is 0 Å². The van der Waals surface area contributed by atoms with E-state index in [1.165, 1.54) is 11.3 Å². The average Bonchev–Trinajstić information content (AvgIpc) is 2.61. The number of rotatable bonds is 6. The summed E-state index contributed by atoms with van der Waals surface area (Å²) in [5, 5.41) is 3.44. The van der Waals surface area contributed by atoms with Crippen molar-refractivity contribution in [3.63, 3.8) is 0 Å². The van der Waals surface area contributed by atoms with E-state index in [0.29, 0.717) is 5.41 Å². The van der Waals surface area contributed by atoms with Crippen LogP contribution < -0.4 is 5.32 Å². The summed E-state index contributed by atoms with van der Waals surface area (Å²) in [5.41, 5.74) is 0.351. The molecule has 15 heavy (non-hydrogen) atoms. The van der Waals surface area contributed by atoms with Gasteiger partial charge in [0.2, 0.25) is 0 Å². The van der Waals surface area contributed by atoms with Crippen LogP contribution in [0.1, 0.15) is 32.1 Å². The summed E-state index contributed by atoms with van der Waals surface area (Å²) in [6, 6.07) is 4.14. The van der Waals surface area contributed by atoms with Crippen LogP contribution in [0, 0.1) is 5.41 Å². The Morgan fingerprint density at radius 3 is 2.60 bits per heavy atom. The molecule has 1 N–H and O–H groups in total. The maximum atomic E-state index is 5.94. The summed E-state index contributed by atoms with van der Waals surface area (Å²) in [5.74, 6) is 0. The lowest BCUT2D eigenvalue weighted by Gasteiger charge is -2.28. The van der Waals surface area contributed by atoms with Gasteiger partial charge in [-0.2, -0.15) is 0 Å². The molecule has 1 atom stereocenters. The second-order valence-electron chi connectivity index (χ2n) is 4.33. The Hall–Kier alpha value is -0.0500. The molecule has 0 aliphatic rings. The van der Waals surface area contributed by atoms with E-state index in [9.17, 15) is 0 Å². The van der Waals surface area contributed by atoms with Crippen LogP contribution in [-0.2, 0) is 6.42 Å². The molecule has 0 bridgehead atoms. The van der Waals surface area contributed by atoms with Crippen molar-refractivity contribution in [3.8, 4) is 0 Å². The molecule has 1 aromatic rings. The monoisotopic (exact) mass is 245 g/mol. The topological polar surface area (TPSA) is 12.0 Å². The average molecular weight is 246 g/mol. The molecule has 1 nitrogen and oxygen atoms in total. The minimum atomic E-state index is 0.351. The molecule has 86 valence electrons. The molecule has 0 spiro atoms. The minimum Gasteiger partial charge on any atom is -0.316 e. The van der Waals surface area contributed by atoms with E-state index in [-0.39, 0.29) is 0 Å². The summed E-state index contributed by atoms with van der Waals surface area (Å²) >= 11 is 7.64. The molecule has 3 heteroatoms. The van der Waals surface area contributed by atoms with Crippen LogP contribution in [0.25, 0.3) is 0 Å². The summed E-state index contributed by atoms with van der Waals surface area (Å²) in [6.45, 7) is 8.87. The van der Waals surface area contributed by atoms with E-state index >= 15 is 0 Å². The zero-order valence-electron chi connectivity index (χ0n) is 9.77. The maximum absolute atomic E-state index is 5.94. The van der Waals surface area contributed by atoms with Gasteiger partial charge in [-0.3, -0.25) is 0 Å². The highest BCUT2D eigenvalue weighted by molar-refractivity contribution is 7.16. The van der Waals surface area contributed by atoms with Crippen LogP contribution in [-0.4, -0.2) is 13.1 Å². The predicted molar refractivity (Wildman–Crippen MR) is 70.0 cm³/mol. The standard InChI is InChI=1S/C12H20ClNS/c1-4-12(3,9-14-5-2)8-10-6-7-11(13)15-10/h6-7,14H,4-5,8-9H2,1-3H3. The molecular weight excluding hydrogens is 226 g/mol. The molecule has 0 aliphatic heterocycles. The van der Waals surface area contributed by atoms with E-state index < -0.39 is 0 Å². The van der Waals surface area contributed by atoms with Gasteiger partial charge in [-0.25, -0.2) is 0 Å². The van der Waals surface area contributed by atoms with Crippen LogP contribution in [0.5, 0.6) is 0 Å². The van der Waals surface area contributed by atoms with Crippen LogP contribution in [0.4, 0.5) is 0 Å². The van der Waals surface area contributed by atoms with Gasteiger partial charge in [0.25, 0.3) is 0 Å². The van der Waals surface area contributed by atoms with Gasteiger partial charge in [-0.05, 0) is 36.9 Å². The minimum absolute atomic E-state index is 0.351. The van der Waals surface area contributed by atoms with Crippen molar-refractivity contribution in [1.82, 2.24) is 5.32 Å². The Labute approximate surface area is 102 Å². The third-order valence-corrected chi connectivity index (χ3v) is 4.12. The number of thiophene rings is 1. The first kappa shape index (κ1) is 13.0. The predicted octanol–water partition coefficient (Wildman–Crippen LogP) is 3.97. The number of hydrogen-bond donors (Lipinski definition) is 1. The molecule has 0 saturated carbocycles. The van der Waals surface area contributed by atoms with Gasteiger partial charge in [0.15, 0.2) is 0 Å². The molecule has 0 amide bonds. The van der Waals surface area contributed by atoms with Crippen LogP contribution in [0.2, 0.25) is 4.34 Å². The third kappa shape index (κ3) is 4.13. The zero-order valence-corrected chi connectivity index (χ0v) is 11.3. The SMILES string of the molecule is CCNCC(C)(CC)Cc1ccc(Cl)s1. The molecule has 0 radical (unpaired) electrons. The smallest absolute Gasteiger partial charge is 0.0931 e. The van der Waals surface area contributed by atoms with Crippen LogP contribution in [0.15, 0.2) is 12.1 Å². The quantitative estimate of drug-likeness (QED) is 0.800. The fraction of sp³-hybridized carbons (Fsp3) is 0.667. The molecule has 1 rings (SSSR count). The fourth-order valence-electron chi connectivity index (χ4n) is 1.61. The second kappa shape index (κ2) is 5.88. The molecule has 1 unspecified atom stereocenters. The first-order chi connectivity index (χ1) is 7.09. The molecule has 0 saturated heterocycles. The zero-order chi connectivity index (χ0) is 11.3. The number of hydrogen-bond acceptors (Lipinski definition) is 2. The van der Waals surface area contributed by atoms with Gasteiger partial charge in [-0.1, -0.05) is 32.4 Å². The van der Waals surface area contributed by atoms with E-state index in [4.69, 9.17) is 11.6 Å². The maximum Gasteiger partial charge on any atom is 0.0931 e. The number of nitrogens with one attached hydrogen (secondary N) is 1. The Balaban J connectivity index is 2.59. The van der Waals surface area contributed by atoms with E-state index in [1.54, 1.807) is 11.3 Å². The lowest BCUT2D eigenvalue weighted by Crippen LogP contribution is -2.32. The summed E-state index contributed by atoms with van der Waals surface area (Å²) < 4.78 is 0.895. The van der Waals surface area contributed by atoms with Gasteiger partial charge in [0.1, 0.15) is 0 Å². The van der Waals surface area contributed by atoms with Crippen LogP contribution in [0.3, 0.4) is 0 Å². The molecule has 0 aliphatic carbocycles. The molecular formula is C12H20ClNS. The molecule has 1 heterocycles. The third-order valence-electron chi connectivity index (χ3n) is 2.89. The lowest BCUT2D eigenvalue weighted by molar-refractivity contribution is 0.295. The highest BCUT2D eigenvalue weighted by atomic mass is 35.5. The first-order valence-corrected chi connectivity index (χ1v) is 6.74. The van der Waals surface area contributed by atoms with Gasteiger partial charge >= 0.3 is 0 Å². The largest absolute Gasteiger partial charge is 0.316 e.